The molecule has 6 heteroatoms. The SMILES string of the molecule is CC(C)(C)C(CN(C[C@H](O)c1ccccc1)C(=O)O)Oc1ccc(I)cc1. The highest BCUT2D eigenvalue weighted by molar-refractivity contribution is 14.1. The molecule has 1 unspecified atom stereocenters. The smallest absolute Gasteiger partial charge is 0.407 e. The van der Waals surface area contributed by atoms with Crippen molar-refractivity contribution < 1.29 is 19.7 Å². The Bertz CT molecular complexity index is 728. The van der Waals surface area contributed by atoms with Gasteiger partial charge >= 0.3 is 6.09 Å². The van der Waals surface area contributed by atoms with Gasteiger partial charge in [0.15, 0.2) is 0 Å². The number of aliphatic hydroxyl groups excluding tert-OH is 1. The van der Waals surface area contributed by atoms with Crippen molar-refractivity contribution in [1.82, 2.24) is 4.90 Å². The standard InChI is InChI=1S/C21H26INO4/c1-21(2,3)19(27-17-11-9-16(22)10-12-17)14-23(20(25)26)13-18(24)15-7-5-4-6-8-15/h4-12,18-19,24H,13-14H2,1-3H3,(H,25,26)/t18-,19?/m0/s1. The van der Waals surface area contributed by atoms with E-state index in [0.29, 0.717) is 11.3 Å². The van der Waals surface area contributed by atoms with Gasteiger partial charge in [-0.05, 0) is 52.4 Å². The van der Waals surface area contributed by atoms with Gasteiger partial charge in [0.25, 0.3) is 0 Å². The summed E-state index contributed by atoms with van der Waals surface area (Å²) in [7, 11) is 0. The van der Waals surface area contributed by atoms with Gasteiger partial charge in [-0.25, -0.2) is 4.79 Å². The van der Waals surface area contributed by atoms with Gasteiger partial charge in [0.1, 0.15) is 11.9 Å². The lowest BCUT2D eigenvalue weighted by Gasteiger charge is -2.35. The number of nitrogens with zero attached hydrogens (tertiary/aromatic N) is 1. The molecular formula is C21H26INO4. The van der Waals surface area contributed by atoms with Crippen molar-refractivity contribution in [3.05, 3.63) is 63.7 Å². The molecule has 2 aromatic carbocycles. The second kappa shape index (κ2) is 9.41. The summed E-state index contributed by atoms with van der Waals surface area (Å²) in [6.07, 6.45) is -2.33. The number of amides is 1. The number of carbonyl (C=O) groups is 1. The van der Waals surface area contributed by atoms with Gasteiger partial charge in [0.05, 0.1) is 19.2 Å². The van der Waals surface area contributed by atoms with Crippen LogP contribution in [0.2, 0.25) is 0 Å². The predicted molar refractivity (Wildman–Crippen MR) is 114 cm³/mol. The molecule has 0 bridgehead atoms. The largest absolute Gasteiger partial charge is 0.488 e. The van der Waals surface area contributed by atoms with Gasteiger partial charge in [0.2, 0.25) is 0 Å². The molecule has 0 spiro atoms. The summed E-state index contributed by atoms with van der Waals surface area (Å²) in [5.74, 6) is 0.698. The number of carboxylic acid groups (broad SMARTS) is 1. The van der Waals surface area contributed by atoms with Crippen LogP contribution in [0.4, 0.5) is 4.79 Å². The van der Waals surface area contributed by atoms with Crippen LogP contribution in [-0.2, 0) is 0 Å². The summed E-state index contributed by atoms with van der Waals surface area (Å²) in [4.78, 5) is 13.0. The number of halogens is 1. The number of hydrogen-bond donors (Lipinski definition) is 2. The first-order valence-electron chi connectivity index (χ1n) is 8.80. The zero-order valence-electron chi connectivity index (χ0n) is 15.8. The summed E-state index contributed by atoms with van der Waals surface area (Å²) in [5, 5.41) is 20.1. The summed E-state index contributed by atoms with van der Waals surface area (Å²) < 4.78 is 7.21. The van der Waals surface area contributed by atoms with E-state index in [1.165, 1.54) is 4.90 Å². The number of rotatable bonds is 7. The van der Waals surface area contributed by atoms with Gasteiger partial charge in [0, 0.05) is 8.99 Å². The Kier molecular flexibility index (Phi) is 7.49. The van der Waals surface area contributed by atoms with E-state index in [9.17, 15) is 15.0 Å². The summed E-state index contributed by atoms with van der Waals surface area (Å²) >= 11 is 2.22. The second-order valence-electron chi connectivity index (χ2n) is 7.54. The fourth-order valence-corrected chi connectivity index (χ4v) is 2.95. The van der Waals surface area contributed by atoms with Crippen molar-refractivity contribution >= 4 is 28.7 Å². The Morgan fingerprint density at radius 3 is 2.19 bits per heavy atom. The van der Waals surface area contributed by atoms with Crippen molar-refractivity contribution in [2.45, 2.75) is 33.0 Å². The van der Waals surface area contributed by atoms with Crippen LogP contribution >= 0.6 is 22.6 Å². The van der Waals surface area contributed by atoms with Crippen LogP contribution < -0.4 is 4.74 Å². The Balaban J connectivity index is 2.13. The first-order valence-corrected chi connectivity index (χ1v) is 9.88. The van der Waals surface area contributed by atoms with Crippen LogP contribution in [0.25, 0.3) is 0 Å². The van der Waals surface area contributed by atoms with E-state index in [2.05, 4.69) is 22.6 Å². The molecule has 0 aliphatic carbocycles. The van der Waals surface area contributed by atoms with Gasteiger partial charge in [-0.1, -0.05) is 51.1 Å². The molecule has 27 heavy (non-hydrogen) atoms. The summed E-state index contributed by atoms with van der Waals surface area (Å²) in [6.45, 7) is 6.19. The van der Waals surface area contributed by atoms with Gasteiger partial charge in [-0.15, -0.1) is 0 Å². The molecule has 2 atom stereocenters. The third-order valence-electron chi connectivity index (χ3n) is 4.29. The van der Waals surface area contributed by atoms with Gasteiger partial charge in [-0.3, -0.25) is 0 Å². The Labute approximate surface area is 174 Å². The molecule has 5 nitrogen and oxygen atoms in total. The van der Waals surface area contributed by atoms with E-state index in [1.807, 2.05) is 63.2 Å². The molecule has 0 aliphatic heterocycles. The van der Waals surface area contributed by atoms with E-state index < -0.39 is 12.2 Å². The Morgan fingerprint density at radius 1 is 1.07 bits per heavy atom. The van der Waals surface area contributed by atoms with Crippen molar-refractivity contribution in [2.24, 2.45) is 5.41 Å². The van der Waals surface area contributed by atoms with E-state index >= 15 is 0 Å². The van der Waals surface area contributed by atoms with E-state index in [0.717, 1.165) is 3.57 Å². The van der Waals surface area contributed by atoms with Gasteiger partial charge < -0.3 is 19.8 Å². The zero-order chi connectivity index (χ0) is 20.0. The molecule has 1 amide bonds. The quantitative estimate of drug-likeness (QED) is 0.556. The number of ether oxygens (including phenoxy) is 1. The average molecular weight is 483 g/mol. The van der Waals surface area contributed by atoms with Crippen molar-refractivity contribution in [1.29, 1.82) is 0 Å². The van der Waals surface area contributed by atoms with Gasteiger partial charge in [-0.2, -0.15) is 0 Å². The van der Waals surface area contributed by atoms with Crippen LogP contribution in [0.15, 0.2) is 54.6 Å². The van der Waals surface area contributed by atoms with Crippen molar-refractivity contribution in [3.63, 3.8) is 0 Å². The maximum Gasteiger partial charge on any atom is 0.407 e. The van der Waals surface area contributed by atoms with Crippen LogP contribution in [-0.4, -0.2) is 40.4 Å². The highest BCUT2D eigenvalue weighted by Gasteiger charge is 2.31. The third kappa shape index (κ3) is 6.70. The van der Waals surface area contributed by atoms with E-state index in [1.54, 1.807) is 12.1 Å². The number of hydrogen-bond acceptors (Lipinski definition) is 3. The van der Waals surface area contributed by atoms with E-state index in [4.69, 9.17) is 4.74 Å². The first kappa shape index (κ1) is 21.5. The summed E-state index contributed by atoms with van der Waals surface area (Å²) in [6, 6.07) is 16.7. The Morgan fingerprint density at radius 2 is 1.67 bits per heavy atom. The minimum Gasteiger partial charge on any atom is -0.488 e. The second-order valence-corrected chi connectivity index (χ2v) is 8.79. The predicted octanol–water partition coefficient (Wildman–Crippen LogP) is 4.80. The normalized spacial score (nSPS) is 13.7. The molecule has 146 valence electrons. The molecule has 2 aromatic rings. The van der Waals surface area contributed by atoms with Crippen molar-refractivity contribution in [2.75, 3.05) is 13.1 Å². The van der Waals surface area contributed by atoms with Crippen LogP contribution in [0.3, 0.4) is 0 Å². The average Bonchev–Trinajstić information content (AvgIpc) is 2.61. The first-order chi connectivity index (χ1) is 12.7. The topological polar surface area (TPSA) is 70.0 Å². The monoisotopic (exact) mass is 483 g/mol. The molecular weight excluding hydrogens is 457 g/mol. The molecule has 2 rings (SSSR count). The lowest BCUT2D eigenvalue weighted by atomic mass is 9.88. The molecule has 2 N–H and O–H groups in total. The van der Waals surface area contributed by atoms with Crippen LogP contribution in [0, 0.1) is 8.99 Å². The minimum absolute atomic E-state index is 0.0119. The van der Waals surface area contributed by atoms with Crippen LogP contribution in [0.5, 0.6) is 5.75 Å². The number of aliphatic hydroxyl groups is 1. The molecule has 0 aromatic heterocycles. The van der Waals surface area contributed by atoms with E-state index in [-0.39, 0.29) is 24.6 Å². The number of benzene rings is 2. The fourth-order valence-electron chi connectivity index (χ4n) is 2.59. The molecule has 0 saturated heterocycles. The molecule has 0 heterocycles. The summed E-state index contributed by atoms with van der Waals surface area (Å²) in [5.41, 5.74) is 0.406. The maximum atomic E-state index is 11.8. The molecule has 0 aliphatic rings. The fraction of sp³-hybridized carbons (Fsp3) is 0.381. The molecule has 0 saturated carbocycles. The highest BCUT2D eigenvalue weighted by Crippen LogP contribution is 2.27. The van der Waals surface area contributed by atoms with Crippen LogP contribution in [0.1, 0.15) is 32.4 Å². The maximum absolute atomic E-state index is 11.8. The Hall–Kier alpha value is -1.80. The zero-order valence-corrected chi connectivity index (χ0v) is 18.0. The molecule has 0 fully saturated rings. The van der Waals surface area contributed by atoms with Crippen molar-refractivity contribution in [3.8, 4) is 5.75 Å². The lowest BCUT2D eigenvalue weighted by Crippen LogP contribution is -2.46. The third-order valence-corrected chi connectivity index (χ3v) is 5.01. The lowest BCUT2D eigenvalue weighted by molar-refractivity contribution is 0.0316. The minimum atomic E-state index is -1.08. The highest BCUT2D eigenvalue weighted by atomic mass is 127. The molecule has 0 radical (unpaired) electrons.